The van der Waals surface area contributed by atoms with Crippen molar-refractivity contribution in [1.82, 2.24) is 10.6 Å². The third kappa shape index (κ3) is 5.79. The van der Waals surface area contributed by atoms with Crippen LogP contribution < -0.4 is 16.4 Å². The highest BCUT2D eigenvalue weighted by molar-refractivity contribution is 5.93. The van der Waals surface area contributed by atoms with Gasteiger partial charge in [-0.3, -0.25) is 9.79 Å². The van der Waals surface area contributed by atoms with Crippen molar-refractivity contribution in [3.8, 4) is 0 Å². The van der Waals surface area contributed by atoms with Gasteiger partial charge in [0, 0.05) is 17.8 Å². The van der Waals surface area contributed by atoms with Gasteiger partial charge in [-0.25, -0.2) is 0 Å². The van der Waals surface area contributed by atoms with Gasteiger partial charge in [0.2, 0.25) is 5.91 Å². The van der Waals surface area contributed by atoms with E-state index in [9.17, 15) is 4.79 Å². The molecule has 4 N–H and O–H groups in total. The minimum atomic E-state index is -0.375. The Morgan fingerprint density at radius 1 is 1.07 bits per heavy atom. The molecule has 3 rings (SSSR count). The maximum Gasteiger partial charge on any atom is 0.246 e. The maximum atomic E-state index is 11.6. The van der Waals surface area contributed by atoms with Crippen molar-refractivity contribution in [2.75, 3.05) is 13.1 Å². The van der Waals surface area contributed by atoms with Crippen LogP contribution in [0.5, 0.6) is 0 Å². The molecule has 5 heteroatoms. The van der Waals surface area contributed by atoms with E-state index in [1.807, 2.05) is 50.2 Å². The Morgan fingerprint density at radius 2 is 1.63 bits per heavy atom. The molecule has 2 aromatic carbocycles. The smallest absolute Gasteiger partial charge is 0.246 e. The van der Waals surface area contributed by atoms with Crippen LogP contribution in [0.1, 0.15) is 37.4 Å². The number of carbonyl (C=O) groups is 1. The second-order valence-corrected chi connectivity index (χ2v) is 5.89. The zero-order chi connectivity index (χ0) is 19.5. The lowest BCUT2D eigenvalue weighted by Crippen LogP contribution is -2.35. The SMILES string of the molecule is CC.NC(=O)C1=C(NC=NC(c2ccccc2)c2ccccc2)CNCC1. The lowest BCUT2D eigenvalue weighted by molar-refractivity contribution is -0.114. The number of primary amides is 1. The molecule has 0 unspecified atom stereocenters. The molecule has 5 nitrogen and oxygen atoms in total. The van der Waals surface area contributed by atoms with Crippen LogP contribution in [-0.2, 0) is 4.79 Å². The van der Waals surface area contributed by atoms with E-state index >= 15 is 0 Å². The van der Waals surface area contributed by atoms with Crippen LogP contribution in [0, 0.1) is 0 Å². The van der Waals surface area contributed by atoms with Crippen molar-refractivity contribution in [3.63, 3.8) is 0 Å². The van der Waals surface area contributed by atoms with E-state index in [0.717, 1.165) is 23.4 Å². The highest BCUT2D eigenvalue weighted by Gasteiger charge is 2.16. The monoisotopic (exact) mass is 364 g/mol. The molecule has 1 aliphatic rings. The molecule has 0 aliphatic carbocycles. The largest absolute Gasteiger partial charge is 0.366 e. The van der Waals surface area contributed by atoms with Crippen molar-refractivity contribution in [3.05, 3.63) is 83.1 Å². The summed E-state index contributed by atoms with van der Waals surface area (Å²) in [7, 11) is 0. The van der Waals surface area contributed by atoms with Gasteiger partial charge in [0.05, 0.1) is 6.34 Å². The van der Waals surface area contributed by atoms with E-state index in [2.05, 4.69) is 34.9 Å². The number of nitrogens with zero attached hydrogens (tertiary/aromatic N) is 1. The summed E-state index contributed by atoms with van der Waals surface area (Å²) in [5.74, 6) is -0.375. The normalized spacial score (nSPS) is 14.0. The van der Waals surface area contributed by atoms with Crippen LogP contribution in [0.3, 0.4) is 0 Å². The molecular weight excluding hydrogens is 336 g/mol. The minimum Gasteiger partial charge on any atom is -0.366 e. The van der Waals surface area contributed by atoms with Crippen LogP contribution in [0.2, 0.25) is 0 Å². The molecule has 0 aromatic heterocycles. The molecule has 1 aliphatic heterocycles. The number of benzene rings is 2. The molecule has 0 saturated carbocycles. The summed E-state index contributed by atoms with van der Waals surface area (Å²) in [5.41, 5.74) is 9.11. The molecule has 142 valence electrons. The summed E-state index contributed by atoms with van der Waals surface area (Å²) >= 11 is 0. The van der Waals surface area contributed by atoms with Gasteiger partial charge in [-0.15, -0.1) is 0 Å². The Balaban J connectivity index is 0.00000126. The van der Waals surface area contributed by atoms with Crippen LogP contribution in [0.4, 0.5) is 0 Å². The Bertz CT molecular complexity index is 730. The van der Waals surface area contributed by atoms with Gasteiger partial charge in [-0.1, -0.05) is 74.5 Å². The molecule has 27 heavy (non-hydrogen) atoms. The second-order valence-electron chi connectivity index (χ2n) is 5.89. The quantitative estimate of drug-likeness (QED) is 0.544. The zero-order valence-corrected chi connectivity index (χ0v) is 16.0. The highest BCUT2D eigenvalue weighted by Crippen LogP contribution is 2.25. The van der Waals surface area contributed by atoms with Gasteiger partial charge in [0.1, 0.15) is 6.04 Å². The Labute approximate surface area is 161 Å². The van der Waals surface area contributed by atoms with Crippen LogP contribution in [0.15, 0.2) is 76.9 Å². The topological polar surface area (TPSA) is 79.5 Å². The zero-order valence-electron chi connectivity index (χ0n) is 16.0. The summed E-state index contributed by atoms with van der Waals surface area (Å²) in [5, 5.41) is 6.38. The van der Waals surface area contributed by atoms with Gasteiger partial charge in [-0.05, 0) is 24.1 Å². The number of aliphatic imine (C=N–C) groups is 1. The van der Waals surface area contributed by atoms with Gasteiger partial charge in [0.25, 0.3) is 0 Å². The fourth-order valence-corrected chi connectivity index (χ4v) is 2.92. The summed E-state index contributed by atoms with van der Waals surface area (Å²) in [6, 6.07) is 20.1. The average Bonchev–Trinajstić information content (AvgIpc) is 2.74. The molecular formula is C22H28N4O. The van der Waals surface area contributed by atoms with Gasteiger partial charge >= 0.3 is 0 Å². The van der Waals surface area contributed by atoms with Crippen molar-refractivity contribution >= 4 is 12.2 Å². The predicted molar refractivity (Wildman–Crippen MR) is 111 cm³/mol. The molecule has 0 bridgehead atoms. The molecule has 0 saturated heterocycles. The summed E-state index contributed by atoms with van der Waals surface area (Å²) < 4.78 is 0. The van der Waals surface area contributed by atoms with Crippen LogP contribution in [-0.4, -0.2) is 25.3 Å². The van der Waals surface area contributed by atoms with E-state index in [1.54, 1.807) is 6.34 Å². The van der Waals surface area contributed by atoms with Crippen molar-refractivity contribution in [1.29, 1.82) is 0 Å². The molecule has 1 amide bonds. The fraction of sp³-hybridized carbons (Fsp3) is 0.273. The molecule has 0 radical (unpaired) electrons. The lowest BCUT2D eigenvalue weighted by Gasteiger charge is -2.19. The molecule has 0 atom stereocenters. The number of nitrogens with two attached hydrogens (primary N) is 1. The third-order valence-electron chi connectivity index (χ3n) is 4.21. The van der Waals surface area contributed by atoms with Gasteiger partial charge in [0.15, 0.2) is 0 Å². The van der Waals surface area contributed by atoms with Crippen molar-refractivity contribution in [2.24, 2.45) is 10.7 Å². The summed E-state index contributed by atoms with van der Waals surface area (Å²) in [6.45, 7) is 5.35. The Hall–Kier alpha value is -2.92. The lowest BCUT2D eigenvalue weighted by atomic mass is 9.99. The first-order valence-corrected chi connectivity index (χ1v) is 9.36. The number of carbonyl (C=O) groups excluding carboxylic acids is 1. The molecule has 1 heterocycles. The van der Waals surface area contributed by atoms with E-state index in [4.69, 9.17) is 10.7 Å². The standard InChI is InChI=1S/C20H22N4O.C2H6/c21-20(25)17-11-12-22-13-18(17)23-14-24-19(15-7-3-1-4-8-15)16-9-5-2-6-10-16;1-2/h1-10,14,19,22H,11-13H2,(H2,21,25)(H,23,24);1-2H3. The molecule has 0 fully saturated rings. The first-order chi connectivity index (χ1) is 13.3. The molecule has 0 spiro atoms. The fourth-order valence-electron chi connectivity index (χ4n) is 2.92. The Kier molecular flexibility index (Phi) is 8.26. The van der Waals surface area contributed by atoms with Gasteiger partial charge < -0.3 is 16.4 Å². The highest BCUT2D eigenvalue weighted by atomic mass is 16.1. The number of hydrogen-bond acceptors (Lipinski definition) is 3. The van der Waals surface area contributed by atoms with E-state index < -0.39 is 0 Å². The van der Waals surface area contributed by atoms with E-state index in [-0.39, 0.29) is 11.9 Å². The Morgan fingerprint density at radius 3 is 2.15 bits per heavy atom. The first kappa shape index (κ1) is 20.4. The van der Waals surface area contributed by atoms with Crippen LogP contribution in [0.25, 0.3) is 0 Å². The second kappa shape index (κ2) is 10.9. The number of hydrogen-bond donors (Lipinski definition) is 3. The van der Waals surface area contributed by atoms with E-state index in [0.29, 0.717) is 18.5 Å². The van der Waals surface area contributed by atoms with Crippen molar-refractivity contribution < 1.29 is 4.79 Å². The van der Waals surface area contributed by atoms with Gasteiger partial charge in [-0.2, -0.15) is 0 Å². The number of nitrogens with one attached hydrogen (secondary N) is 2. The van der Waals surface area contributed by atoms with E-state index in [1.165, 1.54) is 0 Å². The molecule has 2 aromatic rings. The first-order valence-electron chi connectivity index (χ1n) is 9.36. The number of amides is 1. The average molecular weight is 364 g/mol. The predicted octanol–water partition coefficient (Wildman–Crippen LogP) is 3.15. The van der Waals surface area contributed by atoms with Crippen molar-refractivity contribution in [2.45, 2.75) is 26.3 Å². The minimum absolute atomic E-state index is 0.107. The summed E-state index contributed by atoms with van der Waals surface area (Å²) in [4.78, 5) is 16.3. The summed E-state index contributed by atoms with van der Waals surface area (Å²) in [6.07, 6.45) is 2.29. The number of rotatable bonds is 6. The maximum absolute atomic E-state index is 11.6. The third-order valence-corrected chi connectivity index (χ3v) is 4.21. The van der Waals surface area contributed by atoms with Crippen LogP contribution >= 0.6 is 0 Å².